The summed E-state index contributed by atoms with van der Waals surface area (Å²) >= 11 is 7.47. The molecule has 4 nitrogen and oxygen atoms in total. The number of fused-ring (bicyclic) bond motifs is 1. The molecule has 6 heteroatoms. The Morgan fingerprint density at radius 1 is 1.33 bits per heavy atom. The molecule has 1 aromatic carbocycles. The number of hydrogen-bond donors (Lipinski definition) is 1. The Labute approximate surface area is 112 Å². The average molecular weight is 280 g/mol. The molecule has 2 heterocycles. The first-order valence-electron chi connectivity index (χ1n) is 5.47. The Bertz CT molecular complexity index is 692. The highest BCUT2D eigenvalue weighted by Crippen LogP contribution is 2.27. The number of oxazole rings is 1. The van der Waals surface area contributed by atoms with Crippen LogP contribution in [0.2, 0.25) is 5.02 Å². The minimum absolute atomic E-state index is 0.520. The zero-order valence-corrected chi connectivity index (χ0v) is 11.0. The number of hydrogen-bond acceptors (Lipinski definition) is 5. The van der Waals surface area contributed by atoms with Gasteiger partial charge in [0.05, 0.1) is 5.01 Å². The Morgan fingerprint density at radius 3 is 3.06 bits per heavy atom. The van der Waals surface area contributed by atoms with E-state index < -0.39 is 0 Å². The maximum absolute atomic E-state index is 5.90. The molecule has 0 spiro atoms. The third-order valence-corrected chi connectivity index (χ3v) is 3.62. The van der Waals surface area contributed by atoms with Crippen LogP contribution in [0.1, 0.15) is 5.01 Å². The quantitative estimate of drug-likeness (QED) is 0.800. The van der Waals surface area contributed by atoms with Crippen LogP contribution in [0, 0.1) is 0 Å². The minimum atomic E-state index is 0.520. The summed E-state index contributed by atoms with van der Waals surface area (Å²) in [6.45, 7) is 0.593. The number of thiazole rings is 1. The third-order valence-electron chi connectivity index (χ3n) is 2.48. The highest BCUT2D eigenvalue weighted by molar-refractivity contribution is 7.09. The number of benzene rings is 1. The molecule has 0 fully saturated rings. The summed E-state index contributed by atoms with van der Waals surface area (Å²) in [4.78, 5) is 8.82. The van der Waals surface area contributed by atoms with Crippen LogP contribution in [0.15, 0.2) is 28.0 Å². The molecule has 2 N–H and O–H groups in total. The molecule has 0 bridgehead atoms. The van der Waals surface area contributed by atoms with Crippen LogP contribution in [0.5, 0.6) is 0 Å². The number of nitrogens with two attached hydrogens (primary N) is 1. The van der Waals surface area contributed by atoms with Crippen molar-refractivity contribution < 1.29 is 4.42 Å². The van der Waals surface area contributed by atoms with Gasteiger partial charge in [0.1, 0.15) is 11.2 Å². The number of aromatic nitrogens is 2. The van der Waals surface area contributed by atoms with Crippen molar-refractivity contribution in [3.63, 3.8) is 0 Å². The van der Waals surface area contributed by atoms with Gasteiger partial charge in [-0.1, -0.05) is 11.6 Å². The van der Waals surface area contributed by atoms with Gasteiger partial charge < -0.3 is 10.2 Å². The van der Waals surface area contributed by atoms with E-state index in [2.05, 4.69) is 9.97 Å². The van der Waals surface area contributed by atoms with Crippen molar-refractivity contribution in [2.45, 2.75) is 6.42 Å². The van der Waals surface area contributed by atoms with Crippen molar-refractivity contribution in [3.05, 3.63) is 33.6 Å². The van der Waals surface area contributed by atoms with Gasteiger partial charge in [-0.15, -0.1) is 11.3 Å². The van der Waals surface area contributed by atoms with Gasteiger partial charge in [-0.2, -0.15) is 0 Å². The summed E-state index contributed by atoms with van der Waals surface area (Å²) in [7, 11) is 0. The number of rotatable bonds is 3. The summed E-state index contributed by atoms with van der Waals surface area (Å²) in [5, 5.41) is 3.55. The van der Waals surface area contributed by atoms with E-state index in [4.69, 9.17) is 21.8 Å². The summed E-state index contributed by atoms with van der Waals surface area (Å²) in [6, 6.07) is 5.37. The van der Waals surface area contributed by atoms with Crippen LogP contribution in [-0.4, -0.2) is 16.5 Å². The highest BCUT2D eigenvalue weighted by Gasteiger charge is 2.11. The second-order valence-electron chi connectivity index (χ2n) is 3.80. The van der Waals surface area contributed by atoms with Crippen LogP contribution in [0.4, 0.5) is 0 Å². The summed E-state index contributed by atoms with van der Waals surface area (Å²) < 4.78 is 5.64. The minimum Gasteiger partial charge on any atom is -0.435 e. The Balaban J connectivity index is 2.02. The standard InChI is InChI=1S/C12H10ClN3OS/c13-7-1-2-8-10(5-7)17-12(16-8)9-6-18-11(15-9)3-4-14/h1-2,5-6H,3-4,14H2. The molecule has 18 heavy (non-hydrogen) atoms. The summed E-state index contributed by atoms with van der Waals surface area (Å²) in [5.74, 6) is 0.520. The van der Waals surface area contributed by atoms with Gasteiger partial charge in [0.2, 0.25) is 5.89 Å². The average Bonchev–Trinajstić information content (AvgIpc) is 2.94. The van der Waals surface area contributed by atoms with Gasteiger partial charge in [-0.25, -0.2) is 9.97 Å². The van der Waals surface area contributed by atoms with Gasteiger partial charge >= 0.3 is 0 Å². The van der Waals surface area contributed by atoms with E-state index in [1.54, 1.807) is 23.5 Å². The predicted molar refractivity (Wildman–Crippen MR) is 72.9 cm³/mol. The van der Waals surface area contributed by atoms with E-state index in [0.29, 0.717) is 23.0 Å². The van der Waals surface area contributed by atoms with Gasteiger partial charge in [-0.05, 0) is 18.7 Å². The fourth-order valence-electron chi connectivity index (χ4n) is 1.66. The van der Waals surface area contributed by atoms with Gasteiger partial charge in [0, 0.05) is 22.9 Å². The Morgan fingerprint density at radius 2 is 2.22 bits per heavy atom. The zero-order valence-electron chi connectivity index (χ0n) is 9.39. The van der Waals surface area contributed by atoms with E-state index in [0.717, 1.165) is 22.6 Å². The van der Waals surface area contributed by atoms with Crippen LogP contribution >= 0.6 is 22.9 Å². The second kappa shape index (κ2) is 4.68. The first kappa shape index (κ1) is 11.6. The topological polar surface area (TPSA) is 64.9 Å². The molecule has 0 aliphatic heterocycles. The van der Waals surface area contributed by atoms with E-state index in [-0.39, 0.29) is 0 Å². The molecule has 0 saturated heterocycles. The fourth-order valence-corrected chi connectivity index (χ4v) is 2.61. The Kier molecular flexibility index (Phi) is 3.03. The monoisotopic (exact) mass is 279 g/mol. The number of halogens is 1. The van der Waals surface area contributed by atoms with Crippen LogP contribution < -0.4 is 5.73 Å². The molecular weight excluding hydrogens is 270 g/mol. The lowest BCUT2D eigenvalue weighted by molar-refractivity contribution is 0.617. The molecule has 3 rings (SSSR count). The normalized spacial score (nSPS) is 11.2. The lowest BCUT2D eigenvalue weighted by atomic mass is 10.3. The van der Waals surface area contributed by atoms with E-state index in [9.17, 15) is 0 Å². The number of nitrogens with zero attached hydrogens (tertiary/aromatic N) is 2. The third kappa shape index (κ3) is 2.12. The molecule has 0 atom stereocenters. The van der Waals surface area contributed by atoms with E-state index >= 15 is 0 Å². The molecule has 92 valence electrons. The van der Waals surface area contributed by atoms with Crippen LogP contribution in [-0.2, 0) is 6.42 Å². The van der Waals surface area contributed by atoms with Crippen molar-refractivity contribution >= 4 is 34.0 Å². The maximum atomic E-state index is 5.90. The zero-order chi connectivity index (χ0) is 12.5. The van der Waals surface area contributed by atoms with Crippen molar-refractivity contribution in [2.24, 2.45) is 5.73 Å². The van der Waals surface area contributed by atoms with Crippen molar-refractivity contribution in [2.75, 3.05) is 6.54 Å². The fraction of sp³-hybridized carbons (Fsp3) is 0.167. The van der Waals surface area contributed by atoms with Gasteiger partial charge in [-0.3, -0.25) is 0 Å². The first-order valence-corrected chi connectivity index (χ1v) is 6.73. The maximum Gasteiger partial charge on any atom is 0.247 e. The molecule has 0 radical (unpaired) electrons. The molecule has 0 saturated carbocycles. The van der Waals surface area contributed by atoms with Crippen LogP contribution in [0.3, 0.4) is 0 Å². The van der Waals surface area contributed by atoms with Crippen LogP contribution in [0.25, 0.3) is 22.7 Å². The van der Waals surface area contributed by atoms with E-state index in [1.807, 2.05) is 11.4 Å². The predicted octanol–water partition coefficient (Wildman–Crippen LogP) is 3.11. The van der Waals surface area contributed by atoms with Crippen molar-refractivity contribution in [3.8, 4) is 11.6 Å². The van der Waals surface area contributed by atoms with Crippen molar-refractivity contribution in [1.29, 1.82) is 0 Å². The molecule has 3 aromatic rings. The largest absolute Gasteiger partial charge is 0.435 e. The SMILES string of the molecule is NCCc1nc(-c2nc3ccc(Cl)cc3o2)cs1. The van der Waals surface area contributed by atoms with Gasteiger partial charge in [0.25, 0.3) is 0 Å². The molecule has 0 amide bonds. The highest BCUT2D eigenvalue weighted by atomic mass is 35.5. The van der Waals surface area contributed by atoms with E-state index in [1.165, 1.54) is 0 Å². The second-order valence-corrected chi connectivity index (χ2v) is 5.18. The molecule has 2 aromatic heterocycles. The molecular formula is C12H10ClN3OS. The molecule has 0 aliphatic carbocycles. The smallest absolute Gasteiger partial charge is 0.247 e. The Hall–Kier alpha value is -1.43. The van der Waals surface area contributed by atoms with Gasteiger partial charge in [0.15, 0.2) is 5.58 Å². The summed E-state index contributed by atoms with van der Waals surface area (Å²) in [6.07, 6.45) is 0.775. The molecule has 0 aliphatic rings. The lowest BCUT2D eigenvalue weighted by Gasteiger charge is -1.88. The molecule has 0 unspecified atom stereocenters. The lowest BCUT2D eigenvalue weighted by Crippen LogP contribution is -2.01. The first-order chi connectivity index (χ1) is 8.76. The summed E-state index contributed by atoms with van der Waals surface area (Å²) in [5.41, 5.74) is 7.70. The van der Waals surface area contributed by atoms with Crippen molar-refractivity contribution in [1.82, 2.24) is 9.97 Å².